The third-order valence-corrected chi connectivity index (χ3v) is 3.16. The molecule has 1 fully saturated rings. The molecule has 0 aromatic carbocycles. The zero-order valence-electron chi connectivity index (χ0n) is 12.3. The molecule has 0 amide bonds. The van der Waals surface area contributed by atoms with Crippen LogP contribution < -0.4 is 5.32 Å². The predicted octanol–water partition coefficient (Wildman–Crippen LogP) is 2.59. The van der Waals surface area contributed by atoms with Crippen LogP contribution in [0.1, 0.15) is 48.0 Å². The van der Waals surface area contributed by atoms with Gasteiger partial charge in [0.25, 0.3) is 0 Å². The summed E-state index contributed by atoms with van der Waals surface area (Å²) in [4.78, 5) is 0. The molecule has 102 valence electrons. The largest absolute Gasteiger partial charge is 0.380 e. The Morgan fingerprint density at radius 1 is 1.29 bits per heavy atom. The third-order valence-electron chi connectivity index (χ3n) is 3.16. The average molecular weight is 243 g/mol. The molecular formula is C14H29NO2. The van der Waals surface area contributed by atoms with Crippen molar-refractivity contribution in [3.63, 3.8) is 0 Å². The van der Waals surface area contributed by atoms with Crippen LogP contribution >= 0.6 is 0 Å². The lowest BCUT2D eigenvalue weighted by Crippen LogP contribution is -2.44. The highest BCUT2D eigenvalue weighted by Crippen LogP contribution is 2.36. The summed E-state index contributed by atoms with van der Waals surface area (Å²) in [5.74, 6) is 0.611. The van der Waals surface area contributed by atoms with Crippen molar-refractivity contribution < 1.29 is 9.47 Å². The summed E-state index contributed by atoms with van der Waals surface area (Å²) < 4.78 is 11.6. The van der Waals surface area contributed by atoms with Gasteiger partial charge in [0.05, 0.1) is 17.8 Å². The number of rotatable bonds is 6. The van der Waals surface area contributed by atoms with Gasteiger partial charge in [-0.15, -0.1) is 0 Å². The normalized spacial score (nSPS) is 26.6. The van der Waals surface area contributed by atoms with Gasteiger partial charge in [-0.05, 0) is 40.0 Å². The van der Waals surface area contributed by atoms with E-state index in [1.165, 1.54) is 0 Å². The van der Waals surface area contributed by atoms with Gasteiger partial charge in [-0.3, -0.25) is 0 Å². The second-order valence-electron chi connectivity index (χ2n) is 6.64. The highest BCUT2D eigenvalue weighted by atomic mass is 16.5. The molecule has 0 saturated carbocycles. The monoisotopic (exact) mass is 243 g/mol. The number of nitrogens with one attached hydrogen (secondary N) is 1. The molecule has 1 saturated heterocycles. The van der Waals surface area contributed by atoms with Crippen molar-refractivity contribution in [2.24, 2.45) is 5.92 Å². The first-order chi connectivity index (χ1) is 7.73. The summed E-state index contributed by atoms with van der Waals surface area (Å²) in [6, 6.07) is 0.417. The van der Waals surface area contributed by atoms with E-state index >= 15 is 0 Å². The van der Waals surface area contributed by atoms with Gasteiger partial charge >= 0.3 is 0 Å². The Bertz CT molecular complexity index is 236. The molecule has 1 rings (SSSR count). The molecule has 0 aromatic rings. The van der Waals surface area contributed by atoms with Crippen molar-refractivity contribution in [1.29, 1.82) is 0 Å². The molecule has 1 aliphatic heterocycles. The van der Waals surface area contributed by atoms with E-state index in [9.17, 15) is 0 Å². The molecule has 3 nitrogen and oxygen atoms in total. The standard InChI is InChI=1S/C14H29NO2/c1-11(2)10-16-8-7-15-12-9-13(3,4)17-14(12,5)6/h11-12,15H,7-10H2,1-6H3. The lowest BCUT2D eigenvalue weighted by atomic mass is 9.94. The van der Waals surface area contributed by atoms with E-state index in [0.29, 0.717) is 12.0 Å². The first-order valence-corrected chi connectivity index (χ1v) is 6.74. The van der Waals surface area contributed by atoms with Crippen LogP contribution in [0, 0.1) is 5.92 Å². The Morgan fingerprint density at radius 3 is 2.41 bits per heavy atom. The third kappa shape index (κ3) is 4.94. The van der Waals surface area contributed by atoms with Crippen molar-refractivity contribution in [3.8, 4) is 0 Å². The number of hydrogen-bond donors (Lipinski definition) is 1. The van der Waals surface area contributed by atoms with E-state index in [4.69, 9.17) is 9.47 Å². The average Bonchev–Trinajstić information content (AvgIpc) is 2.33. The summed E-state index contributed by atoms with van der Waals surface area (Å²) in [6.45, 7) is 15.5. The first kappa shape index (κ1) is 14.9. The highest BCUT2D eigenvalue weighted by molar-refractivity contribution is 4.98. The van der Waals surface area contributed by atoms with Crippen molar-refractivity contribution in [2.75, 3.05) is 19.8 Å². The number of ether oxygens (including phenoxy) is 2. The van der Waals surface area contributed by atoms with Crippen LogP contribution in [0.3, 0.4) is 0 Å². The van der Waals surface area contributed by atoms with Crippen LogP contribution in [0.15, 0.2) is 0 Å². The van der Waals surface area contributed by atoms with Crippen molar-refractivity contribution in [3.05, 3.63) is 0 Å². The maximum Gasteiger partial charge on any atom is 0.0787 e. The molecular weight excluding hydrogens is 214 g/mol. The molecule has 0 radical (unpaired) electrons. The fourth-order valence-corrected chi connectivity index (χ4v) is 2.50. The Hall–Kier alpha value is -0.120. The summed E-state index contributed by atoms with van der Waals surface area (Å²) in [6.07, 6.45) is 1.06. The van der Waals surface area contributed by atoms with E-state index in [-0.39, 0.29) is 11.2 Å². The fourth-order valence-electron chi connectivity index (χ4n) is 2.50. The van der Waals surface area contributed by atoms with Gasteiger partial charge in [0.15, 0.2) is 0 Å². The predicted molar refractivity (Wildman–Crippen MR) is 71.3 cm³/mol. The molecule has 1 unspecified atom stereocenters. The van der Waals surface area contributed by atoms with Crippen molar-refractivity contribution >= 4 is 0 Å². The molecule has 0 aromatic heterocycles. The quantitative estimate of drug-likeness (QED) is 0.727. The minimum absolute atomic E-state index is 0.0139. The molecule has 0 aliphatic carbocycles. The molecule has 0 spiro atoms. The topological polar surface area (TPSA) is 30.5 Å². The molecule has 1 aliphatic rings. The maximum atomic E-state index is 6.04. The summed E-state index contributed by atoms with van der Waals surface area (Å²) in [7, 11) is 0. The van der Waals surface area contributed by atoms with E-state index < -0.39 is 0 Å². The Kier molecular flexibility index (Phi) is 4.99. The Balaban J connectivity index is 2.23. The smallest absolute Gasteiger partial charge is 0.0787 e. The van der Waals surface area contributed by atoms with Gasteiger partial charge in [0.2, 0.25) is 0 Å². The zero-order chi connectivity index (χ0) is 13.1. The van der Waals surface area contributed by atoms with Crippen molar-refractivity contribution in [2.45, 2.75) is 65.2 Å². The minimum atomic E-state index is -0.0818. The van der Waals surface area contributed by atoms with E-state index in [1.807, 2.05) is 0 Å². The molecule has 1 heterocycles. The van der Waals surface area contributed by atoms with E-state index in [0.717, 1.165) is 26.2 Å². The molecule has 17 heavy (non-hydrogen) atoms. The SMILES string of the molecule is CC(C)COCCNC1CC(C)(C)OC1(C)C. The van der Waals surface area contributed by atoms with Gasteiger partial charge in [-0.2, -0.15) is 0 Å². The van der Waals surface area contributed by atoms with Crippen LogP contribution in [0.4, 0.5) is 0 Å². The van der Waals surface area contributed by atoms with Gasteiger partial charge in [0.1, 0.15) is 0 Å². The van der Waals surface area contributed by atoms with E-state index in [2.05, 4.69) is 46.9 Å². The fraction of sp³-hybridized carbons (Fsp3) is 1.00. The summed E-state index contributed by atoms with van der Waals surface area (Å²) >= 11 is 0. The van der Waals surface area contributed by atoms with Crippen LogP contribution in [0.5, 0.6) is 0 Å². The molecule has 1 N–H and O–H groups in total. The first-order valence-electron chi connectivity index (χ1n) is 6.74. The van der Waals surface area contributed by atoms with Crippen LogP contribution in [0.25, 0.3) is 0 Å². The van der Waals surface area contributed by atoms with Gasteiger partial charge in [0, 0.05) is 19.2 Å². The lowest BCUT2D eigenvalue weighted by Gasteiger charge is -2.27. The lowest BCUT2D eigenvalue weighted by molar-refractivity contribution is -0.0700. The van der Waals surface area contributed by atoms with Gasteiger partial charge < -0.3 is 14.8 Å². The zero-order valence-corrected chi connectivity index (χ0v) is 12.3. The second kappa shape index (κ2) is 5.68. The van der Waals surface area contributed by atoms with E-state index in [1.54, 1.807) is 0 Å². The van der Waals surface area contributed by atoms with Gasteiger partial charge in [-0.1, -0.05) is 13.8 Å². The van der Waals surface area contributed by atoms with Gasteiger partial charge in [-0.25, -0.2) is 0 Å². The summed E-state index contributed by atoms with van der Waals surface area (Å²) in [5, 5.41) is 3.55. The Labute approximate surface area is 106 Å². The van der Waals surface area contributed by atoms with Crippen LogP contribution in [0.2, 0.25) is 0 Å². The minimum Gasteiger partial charge on any atom is -0.380 e. The highest BCUT2D eigenvalue weighted by Gasteiger charge is 2.45. The van der Waals surface area contributed by atoms with Crippen molar-refractivity contribution in [1.82, 2.24) is 5.32 Å². The second-order valence-corrected chi connectivity index (χ2v) is 6.64. The van der Waals surface area contributed by atoms with Crippen LogP contribution in [-0.2, 0) is 9.47 Å². The molecule has 0 bridgehead atoms. The maximum absolute atomic E-state index is 6.04. The Morgan fingerprint density at radius 2 is 1.94 bits per heavy atom. The number of hydrogen-bond acceptors (Lipinski definition) is 3. The summed E-state index contributed by atoms with van der Waals surface area (Å²) in [5.41, 5.74) is -0.0957. The molecule has 3 heteroatoms. The van der Waals surface area contributed by atoms with Crippen LogP contribution in [-0.4, -0.2) is 37.0 Å². The molecule has 1 atom stereocenters.